The van der Waals surface area contributed by atoms with Crippen molar-refractivity contribution in [1.29, 1.82) is 0 Å². The molecule has 1 atom stereocenters. The van der Waals surface area contributed by atoms with E-state index in [1.165, 1.54) is 0 Å². The number of halogens is 2. The van der Waals surface area contributed by atoms with Gasteiger partial charge in [-0.05, 0) is 29.8 Å². The maximum atomic E-state index is 13.2. The molecule has 0 spiro atoms. The molecule has 8 heteroatoms. The number of hydrogen-bond donors (Lipinski definition) is 2. The SMILES string of the molecule is CN1c2ccc3nc(Nc4c(Cl)cccc4Cl)n(C)c3c2C(=O)NC1c1ccccc1. The lowest BCUT2D eigenvalue weighted by Gasteiger charge is -2.36. The number of imidazole rings is 1. The fourth-order valence-corrected chi connectivity index (χ4v) is 4.52. The maximum Gasteiger partial charge on any atom is 0.257 e. The van der Waals surface area contributed by atoms with Gasteiger partial charge in [0.2, 0.25) is 5.95 Å². The summed E-state index contributed by atoms with van der Waals surface area (Å²) in [5, 5.41) is 7.31. The topological polar surface area (TPSA) is 62.2 Å². The molecule has 3 aromatic carbocycles. The van der Waals surface area contributed by atoms with Crippen molar-refractivity contribution in [3.8, 4) is 0 Å². The van der Waals surface area contributed by atoms with Gasteiger partial charge in [-0.15, -0.1) is 0 Å². The van der Waals surface area contributed by atoms with Crippen LogP contribution in [-0.4, -0.2) is 22.5 Å². The highest BCUT2D eigenvalue weighted by atomic mass is 35.5. The van der Waals surface area contributed by atoms with Crippen LogP contribution in [0.3, 0.4) is 0 Å². The Hall–Kier alpha value is -3.22. The molecule has 0 radical (unpaired) electrons. The highest BCUT2D eigenvalue weighted by Crippen LogP contribution is 2.38. The number of nitrogens with one attached hydrogen (secondary N) is 2. The van der Waals surface area contributed by atoms with Gasteiger partial charge in [0.05, 0.1) is 38.0 Å². The van der Waals surface area contributed by atoms with Crippen LogP contribution in [0.2, 0.25) is 10.0 Å². The van der Waals surface area contributed by atoms with Crippen molar-refractivity contribution in [2.24, 2.45) is 7.05 Å². The van der Waals surface area contributed by atoms with E-state index in [0.29, 0.717) is 32.8 Å². The van der Waals surface area contributed by atoms with Crippen molar-refractivity contribution < 1.29 is 4.79 Å². The number of amides is 1. The van der Waals surface area contributed by atoms with E-state index in [1.807, 2.05) is 61.1 Å². The number of hydrogen-bond acceptors (Lipinski definition) is 4. The number of carbonyl (C=O) groups excluding carboxylic acids is 1. The summed E-state index contributed by atoms with van der Waals surface area (Å²) in [6.45, 7) is 0. The smallest absolute Gasteiger partial charge is 0.257 e. The van der Waals surface area contributed by atoms with E-state index in [2.05, 4.69) is 20.5 Å². The lowest BCUT2D eigenvalue weighted by Crippen LogP contribution is -2.44. The molecule has 0 saturated carbocycles. The van der Waals surface area contributed by atoms with Crippen LogP contribution in [0.5, 0.6) is 0 Å². The first-order valence-corrected chi connectivity index (χ1v) is 10.5. The van der Waals surface area contributed by atoms with Crippen molar-refractivity contribution >= 4 is 57.5 Å². The summed E-state index contributed by atoms with van der Waals surface area (Å²) in [7, 11) is 3.83. The van der Waals surface area contributed by atoms with Crippen LogP contribution in [0.25, 0.3) is 11.0 Å². The molecule has 31 heavy (non-hydrogen) atoms. The van der Waals surface area contributed by atoms with E-state index >= 15 is 0 Å². The number of nitrogens with zero attached hydrogens (tertiary/aromatic N) is 3. The van der Waals surface area contributed by atoms with Gasteiger partial charge in [-0.2, -0.15) is 0 Å². The standard InChI is InChI=1S/C23H19Cl2N5O/c1-29-17-12-11-16-20(18(17)22(31)28-21(29)13-7-4-3-5-8-13)30(2)23(26-16)27-19-14(24)9-6-10-15(19)25/h3-12,21H,1-2H3,(H,26,27)(H,28,31). The quantitative estimate of drug-likeness (QED) is 0.431. The largest absolute Gasteiger partial charge is 0.350 e. The third kappa shape index (κ3) is 3.19. The molecular weight excluding hydrogens is 433 g/mol. The molecule has 0 fully saturated rings. The Bertz CT molecular complexity index is 1300. The van der Waals surface area contributed by atoms with E-state index in [1.54, 1.807) is 18.2 Å². The molecule has 2 N–H and O–H groups in total. The first-order valence-electron chi connectivity index (χ1n) is 9.75. The predicted octanol–water partition coefficient (Wildman–Crippen LogP) is 5.50. The van der Waals surface area contributed by atoms with E-state index < -0.39 is 0 Å². The van der Waals surface area contributed by atoms with Gasteiger partial charge in [0, 0.05) is 14.1 Å². The van der Waals surface area contributed by atoms with Crippen LogP contribution in [0.1, 0.15) is 22.1 Å². The van der Waals surface area contributed by atoms with Gasteiger partial charge in [-0.3, -0.25) is 4.79 Å². The number of rotatable bonds is 3. The van der Waals surface area contributed by atoms with Crippen LogP contribution >= 0.6 is 23.2 Å². The van der Waals surface area contributed by atoms with Gasteiger partial charge < -0.3 is 20.1 Å². The summed E-state index contributed by atoms with van der Waals surface area (Å²) in [5.74, 6) is 0.400. The Morgan fingerprint density at radius 1 is 0.968 bits per heavy atom. The van der Waals surface area contributed by atoms with E-state index in [4.69, 9.17) is 23.2 Å². The van der Waals surface area contributed by atoms with E-state index in [0.717, 1.165) is 16.8 Å². The van der Waals surface area contributed by atoms with Gasteiger partial charge >= 0.3 is 0 Å². The minimum Gasteiger partial charge on any atom is -0.350 e. The maximum absolute atomic E-state index is 13.2. The molecule has 1 unspecified atom stereocenters. The van der Waals surface area contributed by atoms with Gasteiger partial charge in [0.25, 0.3) is 5.91 Å². The lowest BCUT2D eigenvalue weighted by molar-refractivity contribution is 0.0929. The second kappa shape index (κ2) is 7.48. The Morgan fingerprint density at radius 3 is 2.39 bits per heavy atom. The average molecular weight is 452 g/mol. The van der Waals surface area contributed by atoms with Crippen molar-refractivity contribution in [2.45, 2.75) is 6.17 Å². The number of aryl methyl sites for hydroxylation is 1. The van der Waals surface area contributed by atoms with Crippen molar-refractivity contribution in [3.05, 3.63) is 81.8 Å². The Labute approximate surface area is 189 Å². The zero-order chi connectivity index (χ0) is 21.7. The van der Waals surface area contributed by atoms with Crippen molar-refractivity contribution in [2.75, 3.05) is 17.3 Å². The number of fused-ring (bicyclic) bond motifs is 3. The summed E-state index contributed by atoms with van der Waals surface area (Å²) >= 11 is 12.6. The summed E-state index contributed by atoms with van der Waals surface area (Å²) in [4.78, 5) is 20.0. The first kappa shape index (κ1) is 19.7. The van der Waals surface area contributed by atoms with Crippen LogP contribution in [0.4, 0.5) is 17.3 Å². The molecule has 1 aliphatic rings. The molecule has 4 aromatic rings. The zero-order valence-electron chi connectivity index (χ0n) is 16.9. The Balaban J connectivity index is 1.61. The average Bonchev–Trinajstić information content (AvgIpc) is 3.09. The minimum atomic E-state index is -0.244. The van der Waals surface area contributed by atoms with Crippen LogP contribution in [0, 0.1) is 0 Å². The van der Waals surface area contributed by atoms with Crippen molar-refractivity contribution in [1.82, 2.24) is 14.9 Å². The van der Waals surface area contributed by atoms with Gasteiger partial charge in [0.1, 0.15) is 6.17 Å². The predicted molar refractivity (Wildman–Crippen MR) is 126 cm³/mol. The fourth-order valence-electron chi connectivity index (χ4n) is 4.03. The number of anilines is 3. The van der Waals surface area contributed by atoms with Gasteiger partial charge in [-0.25, -0.2) is 4.98 Å². The van der Waals surface area contributed by atoms with Crippen LogP contribution in [0.15, 0.2) is 60.7 Å². The normalized spacial score (nSPS) is 15.7. The first-order chi connectivity index (χ1) is 15.0. The summed E-state index contributed by atoms with van der Waals surface area (Å²) in [5.41, 5.74) is 4.46. The number of carbonyl (C=O) groups is 1. The molecule has 2 heterocycles. The highest BCUT2D eigenvalue weighted by molar-refractivity contribution is 6.39. The van der Waals surface area contributed by atoms with Crippen molar-refractivity contribution in [3.63, 3.8) is 0 Å². The lowest BCUT2D eigenvalue weighted by atomic mass is 10.0. The minimum absolute atomic E-state index is 0.141. The monoisotopic (exact) mass is 451 g/mol. The second-order valence-corrected chi connectivity index (χ2v) is 8.26. The molecule has 0 bridgehead atoms. The molecule has 5 rings (SSSR count). The second-order valence-electron chi connectivity index (χ2n) is 7.44. The molecule has 1 aromatic heterocycles. The van der Waals surface area contributed by atoms with Gasteiger partial charge in [-0.1, -0.05) is 59.6 Å². The summed E-state index contributed by atoms with van der Waals surface area (Å²) in [6.07, 6.45) is -0.244. The van der Waals surface area contributed by atoms with E-state index in [-0.39, 0.29) is 12.1 Å². The Kier molecular flexibility index (Phi) is 4.76. The fraction of sp³-hybridized carbons (Fsp3) is 0.130. The number of benzene rings is 3. The molecule has 1 aliphatic heterocycles. The Morgan fingerprint density at radius 2 is 1.68 bits per heavy atom. The molecule has 0 aliphatic carbocycles. The molecule has 156 valence electrons. The third-order valence-corrected chi connectivity index (χ3v) is 6.22. The summed E-state index contributed by atoms with van der Waals surface area (Å²) in [6, 6.07) is 19.1. The molecule has 0 saturated heterocycles. The van der Waals surface area contributed by atoms with Crippen LogP contribution in [-0.2, 0) is 7.05 Å². The molecule has 6 nitrogen and oxygen atoms in total. The van der Waals surface area contributed by atoms with E-state index in [9.17, 15) is 4.79 Å². The summed E-state index contributed by atoms with van der Waals surface area (Å²) < 4.78 is 1.85. The molecule has 1 amide bonds. The molecular formula is C23H19Cl2N5O. The zero-order valence-corrected chi connectivity index (χ0v) is 18.4. The highest BCUT2D eigenvalue weighted by Gasteiger charge is 2.32. The number of para-hydroxylation sites is 1. The van der Waals surface area contributed by atoms with Gasteiger partial charge in [0.15, 0.2) is 0 Å². The van der Waals surface area contributed by atoms with Crippen LogP contribution < -0.4 is 15.5 Å². The number of aromatic nitrogens is 2. The third-order valence-electron chi connectivity index (χ3n) is 5.59.